The van der Waals surface area contributed by atoms with E-state index in [1.807, 2.05) is 25.1 Å². The average Bonchev–Trinajstić information content (AvgIpc) is 3.06. The summed E-state index contributed by atoms with van der Waals surface area (Å²) >= 11 is 12.3. The Morgan fingerprint density at radius 2 is 2.00 bits per heavy atom. The minimum absolute atomic E-state index is 0.0856. The fraction of sp³-hybridized carbons (Fsp3) is 0.263. The van der Waals surface area contributed by atoms with Crippen molar-refractivity contribution in [1.82, 2.24) is 0 Å². The largest absolute Gasteiger partial charge is 0.377 e. The van der Waals surface area contributed by atoms with E-state index in [9.17, 15) is 10.1 Å². The first-order valence-electron chi connectivity index (χ1n) is 8.13. The SMILES string of the molecule is Cc1cc([N+](=O)[O-])cc2c1N[C@H](c1ccc(Cl)c(Cl)c1)[C@@H]1CC=C[C@@H]21. The number of nitrogens with zero attached hydrogens (tertiary/aromatic N) is 1. The van der Waals surface area contributed by atoms with Gasteiger partial charge < -0.3 is 5.32 Å². The highest BCUT2D eigenvalue weighted by Gasteiger charge is 2.39. The molecule has 128 valence electrons. The van der Waals surface area contributed by atoms with Crippen molar-refractivity contribution >= 4 is 34.6 Å². The summed E-state index contributed by atoms with van der Waals surface area (Å²) in [5.74, 6) is 0.459. The van der Waals surface area contributed by atoms with Crippen molar-refractivity contribution < 1.29 is 4.92 Å². The molecule has 2 aliphatic rings. The van der Waals surface area contributed by atoms with Crippen LogP contribution in [0.4, 0.5) is 11.4 Å². The van der Waals surface area contributed by atoms with E-state index in [0.717, 1.165) is 28.8 Å². The molecule has 0 spiro atoms. The van der Waals surface area contributed by atoms with Crippen molar-refractivity contribution in [3.63, 3.8) is 0 Å². The summed E-state index contributed by atoms with van der Waals surface area (Å²) in [7, 11) is 0. The van der Waals surface area contributed by atoms with E-state index >= 15 is 0 Å². The number of aryl methyl sites for hydroxylation is 1. The van der Waals surface area contributed by atoms with Gasteiger partial charge in [0.1, 0.15) is 0 Å². The van der Waals surface area contributed by atoms with Gasteiger partial charge in [-0.05, 0) is 48.1 Å². The molecule has 0 fully saturated rings. The molecule has 0 saturated heterocycles. The van der Waals surface area contributed by atoms with Gasteiger partial charge in [-0.3, -0.25) is 10.1 Å². The number of rotatable bonds is 2. The molecule has 1 aliphatic heterocycles. The van der Waals surface area contributed by atoms with Gasteiger partial charge in [0.15, 0.2) is 0 Å². The van der Waals surface area contributed by atoms with Gasteiger partial charge >= 0.3 is 0 Å². The second kappa shape index (κ2) is 6.04. The van der Waals surface area contributed by atoms with Crippen LogP contribution in [-0.2, 0) is 0 Å². The Morgan fingerprint density at radius 1 is 1.20 bits per heavy atom. The number of allylic oxidation sites excluding steroid dienone is 2. The minimum Gasteiger partial charge on any atom is -0.377 e. The van der Waals surface area contributed by atoms with Crippen LogP contribution in [0.1, 0.15) is 35.1 Å². The van der Waals surface area contributed by atoms with E-state index < -0.39 is 0 Å². The van der Waals surface area contributed by atoms with Crippen LogP contribution in [0.2, 0.25) is 10.0 Å². The summed E-state index contributed by atoms with van der Waals surface area (Å²) in [6.07, 6.45) is 5.24. The number of nitrogens with one attached hydrogen (secondary N) is 1. The molecular weight excluding hydrogens is 359 g/mol. The zero-order chi connectivity index (χ0) is 17.7. The van der Waals surface area contributed by atoms with E-state index in [-0.39, 0.29) is 22.6 Å². The molecule has 2 aromatic carbocycles. The molecule has 0 bridgehead atoms. The number of halogens is 2. The highest BCUT2D eigenvalue weighted by Crippen LogP contribution is 2.51. The number of benzene rings is 2. The Bertz CT molecular complexity index is 911. The summed E-state index contributed by atoms with van der Waals surface area (Å²) in [5.41, 5.74) is 4.09. The zero-order valence-electron chi connectivity index (χ0n) is 13.5. The number of anilines is 1. The number of nitro groups is 1. The Kier molecular flexibility index (Phi) is 3.97. The third kappa shape index (κ3) is 2.70. The fourth-order valence-corrected chi connectivity index (χ4v) is 4.32. The number of fused-ring (bicyclic) bond motifs is 3. The molecule has 0 radical (unpaired) electrons. The normalized spacial score (nSPS) is 23.7. The van der Waals surface area contributed by atoms with Crippen LogP contribution in [0.3, 0.4) is 0 Å². The number of nitro benzene ring substituents is 1. The van der Waals surface area contributed by atoms with Crippen molar-refractivity contribution in [2.45, 2.75) is 25.3 Å². The van der Waals surface area contributed by atoms with Crippen molar-refractivity contribution in [3.05, 3.63) is 79.3 Å². The maximum Gasteiger partial charge on any atom is 0.270 e. The average molecular weight is 375 g/mol. The van der Waals surface area contributed by atoms with E-state index in [4.69, 9.17) is 23.2 Å². The Morgan fingerprint density at radius 3 is 2.72 bits per heavy atom. The standard InChI is InChI=1S/C19H16Cl2N2O2/c1-10-7-12(23(24)25)9-15-13-3-2-4-14(13)19(22-18(10)15)11-5-6-16(20)17(21)8-11/h2-3,5-9,13-14,19,22H,4H2,1H3/t13-,14-,19-/m1/s1. The van der Waals surface area contributed by atoms with Crippen LogP contribution in [0.25, 0.3) is 0 Å². The monoisotopic (exact) mass is 374 g/mol. The molecule has 4 nitrogen and oxygen atoms in total. The number of hydrogen-bond donors (Lipinski definition) is 1. The van der Waals surface area contributed by atoms with Crippen LogP contribution >= 0.6 is 23.2 Å². The molecule has 2 aromatic rings. The molecule has 0 aromatic heterocycles. The summed E-state index contributed by atoms with van der Waals surface area (Å²) in [6, 6.07) is 9.12. The van der Waals surface area contributed by atoms with Crippen LogP contribution in [0, 0.1) is 23.0 Å². The Labute approximate surface area is 155 Å². The van der Waals surface area contributed by atoms with Gasteiger partial charge in [0.05, 0.1) is 21.0 Å². The van der Waals surface area contributed by atoms with Crippen molar-refractivity contribution in [2.75, 3.05) is 5.32 Å². The molecule has 0 saturated carbocycles. The molecule has 1 aliphatic carbocycles. The fourth-order valence-electron chi connectivity index (χ4n) is 4.01. The third-order valence-corrected chi connectivity index (χ3v) is 5.90. The van der Waals surface area contributed by atoms with Crippen LogP contribution < -0.4 is 5.32 Å². The van der Waals surface area contributed by atoms with Crippen molar-refractivity contribution in [1.29, 1.82) is 0 Å². The minimum atomic E-state index is -0.327. The van der Waals surface area contributed by atoms with Gasteiger partial charge in [0, 0.05) is 23.7 Å². The third-order valence-electron chi connectivity index (χ3n) is 5.16. The molecular formula is C19H16Cl2N2O2. The smallest absolute Gasteiger partial charge is 0.270 e. The summed E-state index contributed by atoms with van der Waals surface area (Å²) in [4.78, 5) is 10.9. The molecule has 1 N–H and O–H groups in total. The van der Waals surface area contributed by atoms with Gasteiger partial charge in [-0.2, -0.15) is 0 Å². The molecule has 0 amide bonds. The van der Waals surface area contributed by atoms with E-state index in [0.29, 0.717) is 16.0 Å². The summed E-state index contributed by atoms with van der Waals surface area (Å²) in [6.45, 7) is 1.91. The first-order chi connectivity index (χ1) is 12.0. The second-order valence-electron chi connectivity index (χ2n) is 6.63. The highest BCUT2D eigenvalue weighted by molar-refractivity contribution is 6.42. The van der Waals surface area contributed by atoms with Crippen LogP contribution in [-0.4, -0.2) is 4.92 Å². The van der Waals surface area contributed by atoms with Gasteiger partial charge in [-0.25, -0.2) is 0 Å². The van der Waals surface area contributed by atoms with E-state index in [1.54, 1.807) is 12.1 Å². The Balaban J connectivity index is 1.82. The predicted molar refractivity (Wildman–Crippen MR) is 101 cm³/mol. The lowest BCUT2D eigenvalue weighted by molar-refractivity contribution is -0.385. The lowest BCUT2D eigenvalue weighted by atomic mass is 9.76. The molecule has 3 atom stereocenters. The van der Waals surface area contributed by atoms with Gasteiger partial charge in [-0.15, -0.1) is 0 Å². The van der Waals surface area contributed by atoms with Crippen LogP contribution in [0.15, 0.2) is 42.5 Å². The summed E-state index contributed by atoms with van der Waals surface area (Å²) < 4.78 is 0. The van der Waals surface area contributed by atoms with Crippen molar-refractivity contribution in [3.8, 4) is 0 Å². The molecule has 4 rings (SSSR count). The zero-order valence-corrected chi connectivity index (χ0v) is 15.0. The quantitative estimate of drug-likeness (QED) is 0.396. The van der Waals surface area contributed by atoms with E-state index in [2.05, 4.69) is 17.5 Å². The lowest BCUT2D eigenvalue weighted by Gasteiger charge is -2.38. The maximum absolute atomic E-state index is 11.2. The molecule has 0 unspecified atom stereocenters. The Hall–Kier alpha value is -2.04. The summed E-state index contributed by atoms with van der Waals surface area (Å²) in [5, 5.41) is 15.9. The lowest BCUT2D eigenvalue weighted by Crippen LogP contribution is -2.29. The topological polar surface area (TPSA) is 55.2 Å². The molecule has 6 heteroatoms. The van der Waals surface area contributed by atoms with Crippen LogP contribution in [0.5, 0.6) is 0 Å². The number of hydrogen-bond acceptors (Lipinski definition) is 3. The van der Waals surface area contributed by atoms with Crippen molar-refractivity contribution in [2.24, 2.45) is 5.92 Å². The second-order valence-corrected chi connectivity index (χ2v) is 7.45. The molecule has 1 heterocycles. The maximum atomic E-state index is 11.2. The van der Waals surface area contributed by atoms with Gasteiger partial charge in [0.2, 0.25) is 0 Å². The van der Waals surface area contributed by atoms with Gasteiger partial charge in [0.25, 0.3) is 5.69 Å². The number of non-ortho nitro benzene ring substituents is 1. The molecule has 25 heavy (non-hydrogen) atoms. The first-order valence-corrected chi connectivity index (χ1v) is 8.88. The van der Waals surface area contributed by atoms with E-state index in [1.165, 1.54) is 0 Å². The highest BCUT2D eigenvalue weighted by atomic mass is 35.5. The van der Waals surface area contributed by atoms with Gasteiger partial charge in [-0.1, -0.05) is 41.4 Å². The first kappa shape index (κ1) is 16.4. The predicted octanol–water partition coefficient (Wildman–Crippen LogP) is 6.04.